The number of thiocarbonyl (C=S) groups is 1. The average molecular weight is 464 g/mol. The number of nitrogens with zero attached hydrogens (tertiary/aromatic N) is 3. The van der Waals surface area contributed by atoms with Gasteiger partial charge in [0, 0.05) is 23.4 Å². The maximum atomic E-state index is 13.1. The number of aryl methyl sites for hydroxylation is 1. The van der Waals surface area contributed by atoms with Crippen molar-refractivity contribution in [3.63, 3.8) is 0 Å². The van der Waals surface area contributed by atoms with E-state index in [0.29, 0.717) is 9.23 Å². The topological polar surface area (TPSA) is 47.4 Å². The van der Waals surface area contributed by atoms with E-state index in [0.717, 1.165) is 40.2 Å². The Kier molecular flexibility index (Phi) is 6.48. The summed E-state index contributed by atoms with van der Waals surface area (Å²) in [5, 5.41) is 4.89. The van der Waals surface area contributed by atoms with E-state index in [1.54, 1.807) is 12.0 Å². The molecule has 1 aromatic heterocycles. The van der Waals surface area contributed by atoms with Gasteiger partial charge in [-0.05, 0) is 62.2 Å². The quantitative estimate of drug-likeness (QED) is 0.339. The smallest absolute Gasteiger partial charge is 0.266 e. The molecule has 1 amide bonds. The third kappa shape index (κ3) is 4.23. The van der Waals surface area contributed by atoms with Crippen molar-refractivity contribution in [2.75, 3.05) is 7.11 Å². The summed E-state index contributed by atoms with van der Waals surface area (Å²) in [6.07, 6.45) is 4.72. The minimum absolute atomic E-state index is 0.0424. The van der Waals surface area contributed by atoms with E-state index in [1.165, 1.54) is 11.8 Å². The number of hydrogen-bond donors (Lipinski definition) is 0. The molecular formula is C25H25N3O2S2. The molecule has 1 atom stereocenters. The standard InChI is InChI=1S/C25H25N3O2S2/c1-5-17(3)28-24(29)22(32-25(28)31)14-18-15-27(19-9-7-6-8-10-19)26-23(18)21-12-11-20(30-4)13-16(21)2/h6-15,17H,5H2,1-4H3. The first-order valence-electron chi connectivity index (χ1n) is 10.5. The minimum atomic E-state index is -0.0424. The van der Waals surface area contributed by atoms with Crippen molar-refractivity contribution < 1.29 is 9.53 Å². The molecule has 164 valence electrons. The van der Waals surface area contributed by atoms with Gasteiger partial charge in [-0.3, -0.25) is 9.69 Å². The Balaban J connectivity index is 1.83. The van der Waals surface area contributed by atoms with Crippen LogP contribution in [0.3, 0.4) is 0 Å². The normalized spacial score (nSPS) is 16.1. The predicted molar refractivity (Wildman–Crippen MR) is 135 cm³/mol. The zero-order chi connectivity index (χ0) is 22.8. The van der Waals surface area contributed by atoms with Crippen LogP contribution in [0.1, 0.15) is 31.4 Å². The SMILES string of the molecule is CCC(C)N1C(=O)C(=Cc2cn(-c3ccccc3)nc2-c2ccc(OC)cc2C)SC1=S. The Morgan fingerprint density at radius 3 is 2.62 bits per heavy atom. The zero-order valence-corrected chi connectivity index (χ0v) is 20.2. The lowest BCUT2D eigenvalue weighted by Crippen LogP contribution is -2.36. The van der Waals surface area contributed by atoms with Crippen LogP contribution in [-0.4, -0.2) is 38.1 Å². The largest absolute Gasteiger partial charge is 0.497 e. The number of thioether (sulfide) groups is 1. The molecule has 0 aliphatic carbocycles. The Morgan fingerprint density at radius 1 is 1.22 bits per heavy atom. The summed E-state index contributed by atoms with van der Waals surface area (Å²) in [4.78, 5) is 15.4. The number of hydrogen-bond acceptors (Lipinski definition) is 5. The Labute approximate surface area is 198 Å². The molecule has 1 fully saturated rings. The van der Waals surface area contributed by atoms with Crippen LogP contribution in [0.4, 0.5) is 0 Å². The van der Waals surface area contributed by atoms with Gasteiger partial charge in [-0.25, -0.2) is 4.68 Å². The van der Waals surface area contributed by atoms with Crippen molar-refractivity contribution in [2.45, 2.75) is 33.2 Å². The first kappa shape index (κ1) is 22.3. The second-order valence-corrected chi connectivity index (χ2v) is 9.38. The molecule has 0 N–H and O–H groups in total. The second-order valence-electron chi connectivity index (χ2n) is 7.70. The molecule has 4 rings (SSSR count). The van der Waals surface area contributed by atoms with E-state index in [-0.39, 0.29) is 11.9 Å². The third-order valence-corrected chi connectivity index (χ3v) is 6.92. The summed E-state index contributed by atoms with van der Waals surface area (Å²) in [6, 6.07) is 15.9. The van der Waals surface area contributed by atoms with Crippen molar-refractivity contribution in [3.8, 4) is 22.7 Å². The van der Waals surface area contributed by atoms with Crippen molar-refractivity contribution in [1.82, 2.24) is 14.7 Å². The molecule has 1 saturated heterocycles. The van der Waals surface area contributed by atoms with Gasteiger partial charge in [0.1, 0.15) is 15.8 Å². The van der Waals surface area contributed by atoms with Gasteiger partial charge in [0.2, 0.25) is 0 Å². The van der Waals surface area contributed by atoms with Crippen LogP contribution in [0.2, 0.25) is 0 Å². The lowest BCUT2D eigenvalue weighted by Gasteiger charge is -2.21. The highest BCUT2D eigenvalue weighted by Gasteiger charge is 2.35. The maximum absolute atomic E-state index is 13.1. The van der Waals surface area contributed by atoms with Gasteiger partial charge in [-0.15, -0.1) is 0 Å². The van der Waals surface area contributed by atoms with Gasteiger partial charge in [0.25, 0.3) is 5.91 Å². The van der Waals surface area contributed by atoms with Gasteiger partial charge in [-0.2, -0.15) is 5.10 Å². The summed E-state index contributed by atoms with van der Waals surface area (Å²) in [7, 11) is 1.66. The number of aromatic nitrogens is 2. The van der Waals surface area contributed by atoms with E-state index in [2.05, 4.69) is 6.92 Å². The van der Waals surface area contributed by atoms with Gasteiger partial charge in [0.05, 0.1) is 17.7 Å². The molecule has 1 aliphatic rings. The highest BCUT2D eigenvalue weighted by molar-refractivity contribution is 8.26. The Bertz CT molecular complexity index is 1200. The number of benzene rings is 2. The van der Waals surface area contributed by atoms with E-state index in [1.807, 2.05) is 79.3 Å². The number of ether oxygens (including phenoxy) is 1. The number of carbonyl (C=O) groups excluding carboxylic acids is 1. The molecule has 2 aromatic carbocycles. The van der Waals surface area contributed by atoms with Crippen LogP contribution in [-0.2, 0) is 4.79 Å². The molecule has 0 radical (unpaired) electrons. The lowest BCUT2D eigenvalue weighted by atomic mass is 10.0. The molecule has 1 unspecified atom stereocenters. The molecule has 7 heteroatoms. The number of methoxy groups -OCH3 is 1. The molecule has 0 bridgehead atoms. The number of amides is 1. The van der Waals surface area contributed by atoms with E-state index >= 15 is 0 Å². The first-order valence-corrected chi connectivity index (χ1v) is 11.7. The third-order valence-electron chi connectivity index (χ3n) is 5.59. The van der Waals surface area contributed by atoms with Crippen LogP contribution in [0.15, 0.2) is 59.6 Å². The van der Waals surface area contributed by atoms with Gasteiger partial charge >= 0.3 is 0 Å². The van der Waals surface area contributed by atoms with Crippen molar-refractivity contribution in [3.05, 3.63) is 70.8 Å². The van der Waals surface area contributed by atoms with Crippen LogP contribution < -0.4 is 4.74 Å². The van der Waals surface area contributed by atoms with Crippen molar-refractivity contribution in [2.24, 2.45) is 0 Å². The molecular weight excluding hydrogens is 438 g/mol. The molecule has 0 saturated carbocycles. The van der Waals surface area contributed by atoms with Crippen LogP contribution >= 0.6 is 24.0 Å². The van der Waals surface area contributed by atoms with E-state index in [4.69, 9.17) is 22.1 Å². The molecule has 0 spiro atoms. The van der Waals surface area contributed by atoms with Gasteiger partial charge < -0.3 is 4.74 Å². The molecule has 5 nitrogen and oxygen atoms in total. The Hall–Kier alpha value is -2.90. The lowest BCUT2D eigenvalue weighted by molar-refractivity contribution is -0.123. The fraction of sp³-hybridized carbons (Fsp3) is 0.240. The van der Waals surface area contributed by atoms with E-state index < -0.39 is 0 Å². The number of carbonyl (C=O) groups is 1. The first-order chi connectivity index (χ1) is 15.4. The summed E-state index contributed by atoms with van der Waals surface area (Å²) in [5.74, 6) is 0.754. The summed E-state index contributed by atoms with van der Waals surface area (Å²) in [5.41, 5.74) is 4.66. The van der Waals surface area contributed by atoms with Crippen LogP contribution in [0.25, 0.3) is 23.0 Å². The fourth-order valence-electron chi connectivity index (χ4n) is 3.63. The van der Waals surface area contributed by atoms with Gasteiger partial charge in [0.15, 0.2) is 0 Å². The highest BCUT2D eigenvalue weighted by Crippen LogP contribution is 2.37. The van der Waals surface area contributed by atoms with Crippen LogP contribution in [0.5, 0.6) is 5.75 Å². The summed E-state index contributed by atoms with van der Waals surface area (Å²) < 4.78 is 7.82. The predicted octanol–water partition coefficient (Wildman–Crippen LogP) is 5.86. The van der Waals surface area contributed by atoms with Crippen LogP contribution in [0, 0.1) is 6.92 Å². The number of para-hydroxylation sites is 1. The molecule has 1 aliphatic heterocycles. The van der Waals surface area contributed by atoms with Crippen molar-refractivity contribution >= 4 is 40.3 Å². The Morgan fingerprint density at radius 2 is 1.97 bits per heavy atom. The number of rotatable bonds is 6. The fourth-order valence-corrected chi connectivity index (χ4v) is 5.08. The highest BCUT2D eigenvalue weighted by atomic mass is 32.2. The summed E-state index contributed by atoms with van der Waals surface area (Å²) >= 11 is 6.85. The minimum Gasteiger partial charge on any atom is -0.497 e. The molecule has 32 heavy (non-hydrogen) atoms. The van der Waals surface area contributed by atoms with Crippen molar-refractivity contribution in [1.29, 1.82) is 0 Å². The molecule has 2 heterocycles. The summed E-state index contributed by atoms with van der Waals surface area (Å²) in [6.45, 7) is 6.11. The average Bonchev–Trinajstić information content (AvgIpc) is 3.34. The van der Waals surface area contributed by atoms with E-state index in [9.17, 15) is 4.79 Å². The zero-order valence-electron chi connectivity index (χ0n) is 18.5. The monoisotopic (exact) mass is 463 g/mol. The molecule has 3 aromatic rings. The maximum Gasteiger partial charge on any atom is 0.266 e. The van der Waals surface area contributed by atoms with Gasteiger partial charge in [-0.1, -0.05) is 49.1 Å². The second kappa shape index (κ2) is 9.30.